The van der Waals surface area contributed by atoms with E-state index in [1.807, 2.05) is 0 Å². The monoisotopic (exact) mass is 565 g/mol. The molecule has 2 heterocycles. The standard InChI is InChI=1S/C26H35N3O7S2/c1-35-22-10-13-24(36-2)25(17-22)38(33,34)29-16-6-7-21(19-29)26(30)27-18-20-8-11-23(12-9-20)37(31,32)28-14-4-3-5-15-28/h8-13,17,21H,3-7,14-16,18-19H2,1-2H3,(H,27,30)/t21-/m1/s1. The largest absolute Gasteiger partial charge is 0.497 e. The average molecular weight is 566 g/mol. The molecular weight excluding hydrogens is 530 g/mol. The average Bonchev–Trinajstić information content (AvgIpc) is 2.96. The molecule has 2 aliphatic rings. The molecule has 2 aromatic rings. The van der Waals surface area contributed by atoms with E-state index in [2.05, 4.69) is 5.32 Å². The van der Waals surface area contributed by atoms with E-state index < -0.39 is 26.0 Å². The van der Waals surface area contributed by atoms with Crippen molar-refractivity contribution in [3.05, 3.63) is 48.0 Å². The molecule has 38 heavy (non-hydrogen) atoms. The Morgan fingerprint density at radius 1 is 0.868 bits per heavy atom. The first kappa shape index (κ1) is 28.3. The maximum Gasteiger partial charge on any atom is 0.246 e. The Hall–Kier alpha value is -2.67. The van der Waals surface area contributed by atoms with Gasteiger partial charge < -0.3 is 14.8 Å². The van der Waals surface area contributed by atoms with E-state index in [4.69, 9.17) is 9.47 Å². The van der Waals surface area contributed by atoms with Gasteiger partial charge in [0.25, 0.3) is 0 Å². The third-order valence-electron chi connectivity index (χ3n) is 7.09. The third kappa shape index (κ3) is 6.14. The molecule has 0 saturated carbocycles. The number of rotatable bonds is 9. The van der Waals surface area contributed by atoms with Crippen molar-refractivity contribution < 1.29 is 31.1 Å². The number of methoxy groups -OCH3 is 2. The second-order valence-corrected chi connectivity index (χ2v) is 13.4. The molecule has 2 saturated heterocycles. The second-order valence-electron chi connectivity index (χ2n) is 9.55. The molecular formula is C26H35N3O7S2. The van der Waals surface area contributed by atoms with Gasteiger partial charge in [0.1, 0.15) is 16.4 Å². The lowest BCUT2D eigenvalue weighted by Gasteiger charge is -2.31. The van der Waals surface area contributed by atoms with E-state index in [1.54, 1.807) is 36.4 Å². The van der Waals surface area contributed by atoms with Crippen LogP contribution in [0.2, 0.25) is 0 Å². The number of carbonyl (C=O) groups excluding carboxylic acids is 1. The van der Waals surface area contributed by atoms with Crippen LogP contribution in [0.3, 0.4) is 0 Å². The number of carbonyl (C=O) groups is 1. The fourth-order valence-corrected chi connectivity index (χ4v) is 8.08. The zero-order chi connectivity index (χ0) is 27.3. The lowest BCUT2D eigenvalue weighted by molar-refractivity contribution is -0.126. The highest BCUT2D eigenvalue weighted by atomic mass is 32.2. The minimum Gasteiger partial charge on any atom is -0.497 e. The fourth-order valence-electron chi connectivity index (χ4n) is 4.87. The van der Waals surface area contributed by atoms with Gasteiger partial charge in [0.2, 0.25) is 26.0 Å². The first-order valence-electron chi connectivity index (χ1n) is 12.8. The van der Waals surface area contributed by atoms with Crippen molar-refractivity contribution in [1.82, 2.24) is 13.9 Å². The Balaban J connectivity index is 1.38. The highest BCUT2D eigenvalue weighted by Gasteiger charge is 2.35. The molecule has 2 aliphatic heterocycles. The van der Waals surface area contributed by atoms with Gasteiger partial charge >= 0.3 is 0 Å². The maximum atomic E-state index is 13.4. The Bertz CT molecular complexity index is 1340. The van der Waals surface area contributed by atoms with E-state index in [0.29, 0.717) is 38.2 Å². The van der Waals surface area contributed by atoms with Crippen LogP contribution in [0.15, 0.2) is 52.3 Å². The number of ether oxygens (including phenoxy) is 2. The van der Waals surface area contributed by atoms with Crippen molar-refractivity contribution in [2.45, 2.75) is 48.4 Å². The highest BCUT2D eigenvalue weighted by molar-refractivity contribution is 7.89. The first-order valence-corrected chi connectivity index (χ1v) is 15.6. The lowest BCUT2D eigenvalue weighted by Crippen LogP contribution is -2.45. The van der Waals surface area contributed by atoms with Crippen LogP contribution in [0.5, 0.6) is 11.5 Å². The minimum atomic E-state index is -3.91. The summed E-state index contributed by atoms with van der Waals surface area (Å²) >= 11 is 0. The minimum absolute atomic E-state index is 0.00000320. The summed E-state index contributed by atoms with van der Waals surface area (Å²) < 4.78 is 65.8. The quantitative estimate of drug-likeness (QED) is 0.496. The summed E-state index contributed by atoms with van der Waals surface area (Å²) in [5.74, 6) is -0.144. The number of nitrogens with zero attached hydrogens (tertiary/aromatic N) is 2. The molecule has 0 aliphatic carbocycles. The molecule has 4 rings (SSSR count). The topological polar surface area (TPSA) is 122 Å². The van der Waals surface area contributed by atoms with Gasteiger partial charge in [-0.3, -0.25) is 4.79 Å². The summed E-state index contributed by atoms with van der Waals surface area (Å²) in [6, 6.07) is 11.1. The van der Waals surface area contributed by atoms with Gasteiger partial charge in [0.15, 0.2) is 0 Å². The molecule has 0 aromatic heterocycles. The number of piperidine rings is 2. The second kappa shape index (κ2) is 12.0. The van der Waals surface area contributed by atoms with E-state index in [1.165, 1.54) is 28.9 Å². The van der Waals surface area contributed by atoms with Crippen LogP contribution in [0.1, 0.15) is 37.7 Å². The van der Waals surface area contributed by atoms with Gasteiger partial charge in [-0.2, -0.15) is 8.61 Å². The third-order valence-corrected chi connectivity index (χ3v) is 10.9. The molecule has 12 heteroatoms. The van der Waals surface area contributed by atoms with Gasteiger partial charge in [-0.25, -0.2) is 16.8 Å². The molecule has 0 radical (unpaired) electrons. The maximum absolute atomic E-state index is 13.4. The van der Waals surface area contributed by atoms with Gasteiger partial charge in [-0.05, 0) is 55.5 Å². The summed E-state index contributed by atoms with van der Waals surface area (Å²) in [5, 5.41) is 2.88. The summed E-state index contributed by atoms with van der Waals surface area (Å²) in [7, 11) is -4.56. The zero-order valence-corrected chi connectivity index (χ0v) is 23.4. The molecule has 1 atom stereocenters. The lowest BCUT2D eigenvalue weighted by atomic mass is 9.99. The van der Waals surface area contributed by atoms with Gasteiger partial charge in [-0.1, -0.05) is 18.6 Å². The number of benzene rings is 2. The van der Waals surface area contributed by atoms with Crippen LogP contribution < -0.4 is 14.8 Å². The molecule has 10 nitrogen and oxygen atoms in total. The molecule has 208 valence electrons. The Labute approximate surface area is 225 Å². The molecule has 0 spiro atoms. The van der Waals surface area contributed by atoms with Crippen LogP contribution in [0.4, 0.5) is 0 Å². The number of amides is 1. The molecule has 1 amide bonds. The summed E-state index contributed by atoms with van der Waals surface area (Å²) in [6.07, 6.45) is 3.91. The van der Waals surface area contributed by atoms with Crippen molar-refractivity contribution in [1.29, 1.82) is 0 Å². The van der Waals surface area contributed by atoms with Crippen LogP contribution in [-0.2, 0) is 31.4 Å². The number of hydrogen-bond acceptors (Lipinski definition) is 7. The zero-order valence-electron chi connectivity index (χ0n) is 21.8. The van der Waals surface area contributed by atoms with Crippen molar-refractivity contribution in [3.63, 3.8) is 0 Å². The van der Waals surface area contributed by atoms with Crippen molar-refractivity contribution in [2.24, 2.45) is 5.92 Å². The normalized spacial score (nSPS) is 19.6. The molecule has 0 unspecified atom stereocenters. The Morgan fingerprint density at radius 2 is 1.55 bits per heavy atom. The number of sulfonamides is 2. The number of hydrogen-bond donors (Lipinski definition) is 1. The van der Waals surface area contributed by atoms with Crippen LogP contribution >= 0.6 is 0 Å². The van der Waals surface area contributed by atoms with Crippen LogP contribution in [-0.4, -0.2) is 71.8 Å². The predicted octanol–water partition coefficient (Wildman–Crippen LogP) is 2.60. The van der Waals surface area contributed by atoms with E-state index in [9.17, 15) is 21.6 Å². The highest BCUT2D eigenvalue weighted by Crippen LogP contribution is 2.32. The van der Waals surface area contributed by atoms with Gasteiger partial charge in [-0.15, -0.1) is 0 Å². The smallest absolute Gasteiger partial charge is 0.246 e. The Morgan fingerprint density at radius 3 is 2.21 bits per heavy atom. The fraction of sp³-hybridized carbons (Fsp3) is 0.500. The summed E-state index contributed by atoms with van der Waals surface area (Å²) in [5.41, 5.74) is 0.761. The van der Waals surface area contributed by atoms with Crippen molar-refractivity contribution >= 4 is 26.0 Å². The van der Waals surface area contributed by atoms with Crippen LogP contribution in [0, 0.1) is 5.92 Å². The number of nitrogens with one attached hydrogen (secondary N) is 1. The SMILES string of the molecule is COc1ccc(OC)c(S(=O)(=O)N2CCC[C@@H](C(=O)NCc3ccc(S(=O)(=O)N4CCCCC4)cc3)C2)c1. The molecule has 2 fully saturated rings. The predicted molar refractivity (Wildman–Crippen MR) is 142 cm³/mol. The summed E-state index contributed by atoms with van der Waals surface area (Å²) in [6.45, 7) is 1.66. The molecule has 1 N–H and O–H groups in total. The van der Waals surface area contributed by atoms with Crippen molar-refractivity contribution in [2.75, 3.05) is 40.4 Å². The van der Waals surface area contributed by atoms with E-state index in [-0.39, 0.29) is 34.5 Å². The van der Waals surface area contributed by atoms with Crippen molar-refractivity contribution in [3.8, 4) is 11.5 Å². The van der Waals surface area contributed by atoms with E-state index in [0.717, 1.165) is 24.8 Å². The first-order chi connectivity index (χ1) is 18.2. The van der Waals surface area contributed by atoms with Crippen LogP contribution in [0.25, 0.3) is 0 Å². The Kier molecular flexibility index (Phi) is 8.96. The summed E-state index contributed by atoms with van der Waals surface area (Å²) in [4.78, 5) is 13.2. The molecule has 2 aromatic carbocycles. The van der Waals surface area contributed by atoms with Gasteiger partial charge in [0.05, 0.1) is 25.0 Å². The molecule has 0 bridgehead atoms. The van der Waals surface area contributed by atoms with E-state index >= 15 is 0 Å². The van der Waals surface area contributed by atoms with Gasteiger partial charge in [0, 0.05) is 38.8 Å².